The molecule has 13 heteroatoms. The minimum Gasteiger partial charge on any atom is -0.444 e. The zero-order valence-corrected chi connectivity index (χ0v) is 19.6. The number of hydrogen-bond acceptors (Lipinski definition) is 5. The molecule has 1 aromatic heterocycles. The van der Waals surface area contributed by atoms with Crippen molar-refractivity contribution in [2.24, 2.45) is 0 Å². The monoisotopic (exact) mass is 518 g/mol. The second-order valence-electron chi connectivity index (χ2n) is 9.21. The van der Waals surface area contributed by atoms with Crippen LogP contribution in [-0.4, -0.2) is 58.6 Å². The van der Waals surface area contributed by atoms with Gasteiger partial charge in [0.25, 0.3) is 5.91 Å². The van der Waals surface area contributed by atoms with Gasteiger partial charge in [-0.05, 0) is 50.6 Å². The number of alkyl halides is 6. The van der Waals surface area contributed by atoms with E-state index < -0.39 is 46.6 Å². The molecule has 1 aromatic carbocycles. The predicted octanol–water partition coefficient (Wildman–Crippen LogP) is 5.06. The fourth-order valence-corrected chi connectivity index (χ4v) is 3.52. The molecule has 2 amide bonds. The van der Waals surface area contributed by atoms with E-state index in [1.54, 1.807) is 20.8 Å². The number of hydrogen-bond donors (Lipinski definition) is 1. The summed E-state index contributed by atoms with van der Waals surface area (Å²) < 4.78 is 84.8. The molecule has 2 aromatic rings. The molecule has 0 saturated carbocycles. The second-order valence-corrected chi connectivity index (χ2v) is 9.21. The quantitative estimate of drug-likeness (QED) is 0.562. The van der Waals surface area contributed by atoms with Gasteiger partial charge in [-0.1, -0.05) is 0 Å². The lowest BCUT2D eigenvalue weighted by Crippen LogP contribution is -2.51. The molecule has 1 saturated heterocycles. The third kappa shape index (κ3) is 6.38. The van der Waals surface area contributed by atoms with Crippen molar-refractivity contribution in [3.8, 4) is 11.1 Å². The maximum absolute atomic E-state index is 13.2. The summed E-state index contributed by atoms with van der Waals surface area (Å²) in [5.41, 5.74) is 1.40. The summed E-state index contributed by atoms with van der Waals surface area (Å²) in [6, 6.07) is 2.23. The van der Waals surface area contributed by atoms with Gasteiger partial charge in [0.2, 0.25) is 0 Å². The maximum Gasteiger partial charge on any atom is 0.416 e. The van der Waals surface area contributed by atoms with Crippen LogP contribution in [0.15, 0.2) is 30.5 Å². The van der Waals surface area contributed by atoms with Crippen LogP contribution >= 0.6 is 0 Å². The lowest BCUT2D eigenvalue weighted by Gasteiger charge is -2.35. The van der Waals surface area contributed by atoms with E-state index in [0.717, 1.165) is 12.3 Å². The number of ether oxygens (including phenoxy) is 1. The third-order valence-corrected chi connectivity index (χ3v) is 5.29. The van der Waals surface area contributed by atoms with E-state index in [9.17, 15) is 35.9 Å². The summed E-state index contributed by atoms with van der Waals surface area (Å²) in [6.07, 6.45) is -9.59. The first-order valence-electron chi connectivity index (χ1n) is 10.8. The SMILES string of the molecule is CC(C)(C)OC(=O)N1CCN(C(=O)c2cc(-c3cc(C(F)(F)F)cc(C(F)(F)F)c3)cnc2N)CC1. The van der Waals surface area contributed by atoms with E-state index >= 15 is 0 Å². The number of amides is 2. The first kappa shape index (κ1) is 27.1. The average Bonchev–Trinajstić information content (AvgIpc) is 2.76. The Morgan fingerprint density at radius 1 is 0.833 bits per heavy atom. The molecule has 0 radical (unpaired) electrons. The maximum atomic E-state index is 13.2. The Labute approximate surface area is 202 Å². The minimum absolute atomic E-state index is 0.0183. The lowest BCUT2D eigenvalue weighted by atomic mass is 9.99. The predicted molar refractivity (Wildman–Crippen MR) is 118 cm³/mol. The smallest absolute Gasteiger partial charge is 0.416 e. The molecule has 0 aliphatic carbocycles. The molecule has 2 heterocycles. The van der Waals surface area contributed by atoms with Crippen LogP contribution in [-0.2, 0) is 17.1 Å². The molecule has 3 rings (SSSR count). The fraction of sp³-hybridized carbons (Fsp3) is 0.435. The van der Waals surface area contributed by atoms with Crippen molar-refractivity contribution in [3.63, 3.8) is 0 Å². The number of benzene rings is 1. The standard InChI is InChI=1S/C23H24F6N4O3/c1-21(2,3)36-20(35)33-6-4-32(5-7-33)19(34)17-10-14(12-31-18(17)30)13-8-15(22(24,25)26)11-16(9-13)23(27,28)29/h8-12H,4-7H2,1-3H3,(H2,30,31). The van der Waals surface area contributed by atoms with E-state index in [1.807, 2.05) is 0 Å². The van der Waals surface area contributed by atoms with Crippen LogP contribution in [0.25, 0.3) is 11.1 Å². The number of carbonyl (C=O) groups is 2. The highest BCUT2D eigenvalue weighted by Crippen LogP contribution is 2.39. The van der Waals surface area contributed by atoms with E-state index in [4.69, 9.17) is 10.5 Å². The molecule has 0 spiro atoms. The van der Waals surface area contributed by atoms with Gasteiger partial charge in [-0.25, -0.2) is 9.78 Å². The number of piperazine rings is 1. The van der Waals surface area contributed by atoms with Crippen LogP contribution in [0.3, 0.4) is 0 Å². The number of carbonyl (C=O) groups excluding carboxylic acids is 2. The minimum atomic E-state index is -5.02. The zero-order chi connectivity index (χ0) is 27.1. The van der Waals surface area contributed by atoms with Crippen LogP contribution in [0.4, 0.5) is 37.0 Å². The van der Waals surface area contributed by atoms with Gasteiger partial charge >= 0.3 is 18.4 Å². The fourth-order valence-electron chi connectivity index (χ4n) is 3.52. The molecule has 1 fully saturated rings. The van der Waals surface area contributed by atoms with E-state index in [0.29, 0.717) is 12.1 Å². The van der Waals surface area contributed by atoms with Gasteiger partial charge in [-0.3, -0.25) is 4.79 Å². The van der Waals surface area contributed by atoms with E-state index in [2.05, 4.69) is 4.98 Å². The van der Waals surface area contributed by atoms with Gasteiger partial charge in [0.15, 0.2) is 0 Å². The number of anilines is 1. The molecule has 196 valence electrons. The first-order valence-corrected chi connectivity index (χ1v) is 10.8. The van der Waals surface area contributed by atoms with Gasteiger partial charge in [-0.2, -0.15) is 26.3 Å². The number of nitrogens with zero attached hydrogens (tertiary/aromatic N) is 3. The summed E-state index contributed by atoms with van der Waals surface area (Å²) in [5, 5.41) is 0. The first-order chi connectivity index (χ1) is 16.5. The van der Waals surface area contributed by atoms with Crippen LogP contribution < -0.4 is 5.73 Å². The van der Waals surface area contributed by atoms with Crippen LogP contribution in [0, 0.1) is 0 Å². The number of pyridine rings is 1. The summed E-state index contributed by atoms with van der Waals surface area (Å²) >= 11 is 0. The summed E-state index contributed by atoms with van der Waals surface area (Å²) in [7, 11) is 0. The molecule has 2 N–H and O–H groups in total. The number of rotatable bonds is 2. The molecule has 7 nitrogen and oxygen atoms in total. The third-order valence-electron chi connectivity index (χ3n) is 5.29. The van der Waals surface area contributed by atoms with Crippen molar-refractivity contribution in [2.75, 3.05) is 31.9 Å². The average molecular weight is 518 g/mol. The van der Waals surface area contributed by atoms with Crippen LogP contribution in [0.5, 0.6) is 0 Å². The highest BCUT2D eigenvalue weighted by atomic mass is 19.4. The topological polar surface area (TPSA) is 88.8 Å². The number of aromatic nitrogens is 1. The molecular formula is C23H24F6N4O3. The van der Waals surface area contributed by atoms with Gasteiger partial charge in [0.05, 0.1) is 16.7 Å². The molecule has 1 aliphatic heterocycles. The molecule has 0 unspecified atom stereocenters. The Balaban J connectivity index is 1.87. The van der Waals surface area contributed by atoms with Crippen molar-refractivity contribution >= 4 is 17.8 Å². The van der Waals surface area contributed by atoms with Crippen molar-refractivity contribution in [3.05, 3.63) is 47.2 Å². The zero-order valence-electron chi connectivity index (χ0n) is 19.6. The van der Waals surface area contributed by atoms with Crippen LogP contribution in [0.1, 0.15) is 42.3 Å². The Hall–Kier alpha value is -3.51. The van der Waals surface area contributed by atoms with Crippen molar-refractivity contribution in [1.82, 2.24) is 14.8 Å². The molecule has 0 bridgehead atoms. The number of nitrogen functional groups attached to an aromatic ring is 1. The van der Waals surface area contributed by atoms with E-state index in [-0.39, 0.29) is 49.2 Å². The molecular weight excluding hydrogens is 494 g/mol. The van der Waals surface area contributed by atoms with Gasteiger partial charge < -0.3 is 20.3 Å². The Bertz CT molecular complexity index is 1120. The summed E-state index contributed by atoms with van der Waals surface area (Å²) in [4.78, 5) is 31.9. The number of nitrogens with two attached hydrogens (primary N) is 1. The number of halogens is 6. The van der Waals surface area contributed by atoms with E-state index in [1.165, 1.54) is 9.80 Å². The van der Waals surface area contributed by atoms with Crippen molar-refractivity contribution in [1.29, 1.82) is 0 Å². The van der Waals surface area contributed by atoms with Crippen molar-refractivity contribution in [2.45, 2.75) is 38.7 Å². The van der Waals surface area contributed by atoms with Gasteiger partial charge in [-0.15, -0.1) is 0 Å². The van der Waals surface area contributed by atoms with Gasteiger partial charge in [0, 0.05) is 37.9 Å². The molecule has 0 atom stereocenters. The summed E-state index contributed by atoms with van der Waals surface area (Å²) in [6.45, 7) is 5.71. The highest BCUT2D eigenvalue weighted by molar-refractivity contribution is 5.99. The highest BCUT2D eigenvalue weighted by Gasteiger charge is 2.37. The Kier molecular flexibility index (Phi) is 7.15. The lowest BCUT2D eigenvalue weighted by molar-refractivity contribution is -0.143. The summed E-state index contributed by atoms with van der Waals surface area (Å²) in [5.74, 6) is -0.852. The van der Waals surface area contributed by atoms with Gasteiger partial charge in [0.1, 0.15) is 11.4 Å². The normalized spacial score (nSPS) is 15.1. The Morgan fingerprint density at radius 3 is 1.81 bits per heavy atom. The largest absolute Gasteiger partial charge is 0.444 e. The van der Waals surface area contributed by atoms with Crippen LogP contribution in [0.2, 0.25) is 0 Å². The molecule has 36 heavy (non-hydrogen) atoms. The molecule has 1 aliphatic rings. The van der Waals surface area contributed by atoms with Crippen molar-refractivity contribution < 1.29 is 40.7 Å². The Morgan fingerprint density at radius 2 is 1.33 bits per heavy atom. The second kappa shape index (κ2) is 9.51.